The van der Waals surface area contributed by atoms with Crippen LogP contribution in [0.25, 0.3) is 0 Å². The number of aliphatic hydroxyl groups excluding tert-OH is 1. The molecular formula is C19H24FNO2. The number of halogens is 1. The van der Waals surface area contributed by atoms with Crippen LogP contribution in [0.3, 0.4) is 0 Å². The molecule has 1 aromatic carbocycles. The van der Waals surface area contributed by atoms with Crippen molar-refractivity contribution in [2.75, 3.05) is 13.1 Å². The van der Waals surface area contributed by atoms with Crippen molar-refractivity contribution in [2.45, 2.75) is 38.2 Å². The number of carbonyl (C=O) groups excluding carboxylic acids is 1. The smallest absolute Gasteiger partial charge is 0.226 e. The van der Waals surface area contributed by atoms with Gasteiger partial charge in [0.2, 0.25) is 5.91 Å². The Morgan fingerprint density at radius 2 is 1.83 bits per heavy atom. The van der Waals surface area contributed by atoms with E-state index < -0.39 is 6.10 Å². The minimum absolute atomic E-state index is 0.135. The molecule has 0 radical (unpaired) electrons. The number of rotatable bonds is 3. The number of piperidine rings is 1. The van der Waals surface area contributed by atoms with Crippen LogP contribution < -0.4 is 0 Å². The monoisotopic (exact) mass is 317 g/mol. The third-order valence-electron chi connectivity index (χ3n) is 5.13. The fraction of sp³-hybridized carbons (Fsp3) is 0.526. The summed E-state index contributed by atoms with van der Waals surface area (Å²) in [4.78, 5) is 14.5. The minimum atomic E-state index is -0.578. The topological polar surface area (TPSA) is 40.5 Å². The zero-order valence-corrected chi connectivity index (χ0v) is 13.3. The van der Waals surface area contributed by atoms with Gasteiger partial charge in [0.05, 0.1) is 6.10 Å². The number of aliphatic hydroxyl groups is 1. The van der Waals surface area contributed by atoms with Gasteiger partial charge in [-0.1, -0.05) is 24.3 Å². The number of amides is 1. The Labute approximate surface area is 136 Å². The van der Waals surface area contributed by atoms with Gasteiger partial charge in [0.25, 0.3) is 0 Å². The highest BCUT2D eigenvalue weighted by Gasteiger charge is 2.31. The minimum Gasteiger partial charge on any atom is -0.388 e. The maximum absolute atomic E-state index is 13.0. The summed E-state index contributed by atoms with van der Waals surface area (Å²) in [7, 11) is 0. The predicted molar refractivity (Wildman–Crippen MR) is 87.1 cm³/mol. The number of nitrogens with zero attached hydrogens (tertiary/aromatic N) is 1. The first-order valence-corrected chi connectivity index (χ1v) is 8.52. The first-order chi connectivity index (χ1) is 11.1. The quantitative estimate of drug-likeness (QED) is 0.867. The molecule has 0 spiro atoms. The van der Waals surface area contributed by atoms with Gasteiger partial charge >= 0.3 is 0 Å². The zero-order valence-electron chi connectivity index (χ0n) is 13.3. The van der Waals surface area contributed by atoms with Crippen LogP contribution in [-0.4, -0.2) is 29.0 Å². The lowest BCUT2D eigenvalue weighted by Gasteiger charge is -2.36. The molecule has 124 valence electrons. The number of allylic oxidation sites excluding steroid dienone is 2. The molecule has 3 rings (SSSR count). The Morgan fingerprint density at radius 3 is 2.43 bits per heavy atom. The molecule has 3 nitrogen and oxygen atoms in total. The lowest BCUT2D eigenvalue weighted by Crippen LogP contribution is -2.42. The molecule has 1 heterocycles. The van der Waals surface area contributed by atoms with Crippen molar-refractivity contribution in [2.24, 2.45) is 11.8 Å². The van der Waals surface area contributed by atoms with Crippen LogP contribution in [0, 0.1) is 17.7 Å². The van der Waals surface area contributed by atoms with Crippen LogP contribution >= 0.6 is 0 Å². The Morgan fingerprint density at radius 1 is 1.13 bits per heavy atom. The number of hydrogen-bond donors (Lipinski definition) is 1. The highest BCUT2D eigenvalue weighted by atomic mass is 19.1. The number of likely N-dealkylation sites (tertiary alicyclic amines) is 1. The summed E-state index contributed by atoms with van der Waals surface area (Å²) in [5, 5.41) is 10.5. The summed E-state index contributed by atoms with van der Waals surface area (Å²) >= 11 is 0. The van der Waals surface area contributed by atoms with Crippen LogP contribution in [0.4, 0.5) is 4.39 Å². The molecular weight excluding hydrogens is 293 g/mol. The van der Waals surface area contributed by atoms with Gasteiger partial charge in [-0.15, -0.1) is 0 Å². The predicted octanol–water partition coefficient (Wildman–Crippen LogP) is 3.45. The van der Waals surface area contributed by atoms with Gasteiger partial charge in [-0.2, -0.15) is 0 Å². The molecule has 1 saturated heterocycles. The molecule has 0 bridgehead atoms. The van der Waals surface area contributed by atoms with E-state index in [1.807, 2.05) is 4.90 Å². The number of carbonyl (C=O) groups is 1. The first kappa shape index (κ1) is 16.2. The summed E-state index contributed by atoms with van der Waals surface area (Å²) in [6.07, 6.45) is 8.08. The average Bonchev–Trinajstić information content (AvgIpc) is 2.62. The highest BCUT2D eigenvalue weighted by Crippen LogP contribution is 2.32. The second kappa shape index (κ2) is 7.26. The van der Waals surface area contributed by atoms with Gasteiger partial charge in [-0.3, -0.25) is 4.79 Å². The van der Waals surface area contributed by atoms with Crippen molar-refractivity contribution >= 4 is 5.91 Å². The van der Waals surface area contributed by atoms with Crippen LogP contribution in [0.2, 0.25) is 0 Å². The van der Waals surface area contributed by atoms with Crippen LogP contribution in [0.1, 0.15) is 43.8 Å². The first-order valence-electron chi connectivity index (χ1n) is 8.52. The molecule has 1 fully saturated rings. The molecule has 0 aromatic heterocycles. The maximum Gasteiger partial charge on any atom is 0.226 e. The van der Waals surface area contributed by atoms with Crippen molar-refractivity contribution in [3.63, 3.8) is 0 Å². The average molecular weight is 317 g/mol. The third kappa shape index (κ3) is 3.81. The zero-order chi connectivity index (χ0) is 16.2. The summed E-state index contributed by atoms with van der Waals surface area (Å²) in [5.41, 5.74) is 0.758. The molecule has 1 aromatic rings. The Balaban J connectivity index is 1.54. The largest absolute Gasteiger partial charge is 0.388 e. The molecule has 1 N–H and O–H groups in total. The second-order valence-corrected chi connectivity index (χ2v) is 6.64. The van der Waals surface area contributed by atoms with Gasteiger partial charge in [0.1, 0.15) is 5.82 Å². The van der Waals surface area contributed by atoms with E-state index in [-0.39, 0.29) is 23.6 Å². The van der Waals surface area contributed by atoms with E-state index in [0.29, 0.717) is 13.1 Å². The third-order valence-corrected chi connectivity index (χ3v) is 5.13. The molecule has 1 amide bonds. The highest BCUT2D eigenvalue weighted by molar-refractivity contribution is 5.79. The van der Waals surface area contributed by atoms with Gasteiger partial charge in [0.15, 0.2) is 0 Å². The summed E-state index contributed by atoms with van der Waals surface area (Å²) in [6, 6.07) is 6.05. The van der Waals surface area contributed by atoms with Crippen molar-refractivity contribution in [3.05, 3.63) is 47.8 Å². The number of hydrogen-bond acceptors (Lipinski definition) is 2. The summed E-state index contributed by atoms with van der Waals surface area (Å²) in [6.45, 7) is 1.42. The molecule has 23 heavy (non-hydrogen) atoms. The molecule has 2 aliphatic rings. The summed E-state index contributed by atoms with van der Waals surface area (Å²) in [5.74, 6) is 0.251. The Kier molecular flexibility index (Phi) is 5.11. The van der Waals surface area contributed by atoms with E-state index in [4.69, 9.17) is 0 Å². The van der Waals surface area contributed by atoms with Crippen molar-refractivity contribution in [1.82, 2.24) is 4.90 Å². The molecule has 1 aliphatic carbocycles. The summed E-state index contributed by atoms with van der Waals surface area (Å²) < 4.78 is 13.0. The molecule has 4 heteroatoms. The normalized spacial score (nSPS) is 23.7. The van der Waals surface area contributed by atoms with Gasteiger partial charge in [-0.05, 0) is 55.7 Å². The molecule has 2 unspecified atom stereocenters. The molecule has 1 aliphatic heterocycles. The van der Waals surface area contributed by atoms with Crippen molar-refractivity contribution in [1.29, 1.82) is 0 Å². The fourth-order valence-corrected chi connectivity index (χ4v) is 3.64. The molecule has 0 saturated carbocycles. The van der Waals surface area contributed by atoms with Gasteiger partial charge in [-0.25, -0.2) is 4.39 Å². The van der Waals surface area contributed by atoms with Crippen LogP contribution in [0.5, 0.6) is 0 Å². The van der Waals surface area contributed by atoms with Crippen molar-refractivity contribution in [3.8, 4) is 0 Å². The van der Waals surface area contributed by atoms with Gasteiger partial charge in [0, 0.05) is 19.0 Å². The standard InChI is InChI=1S/C19H24FNO2/c20-17-8-6-14(7-9-17)18(22)15-10-12-21(13-11-15)19(23)16-4-2-1-3-5-16/h1-2,6-9,15-16,18,22H,3-5,10-13H2. The number of benzene rings is 1. The lowest BCUT2D eigenvalue weighted by molar-refractivity contribution is -0.137. The SMILES string of the molecule is O=C(C1CC=CCC1)N1CCC(C(O)c2ccc(F)cc2)CC1. The van der Waals surface area contributed by atoms with E-state index in [9.17, 15) is 14.3 Å². The lowest BCUT2D eigenvalue weighted by atomic mass is 9.86. The Bertz CT molecular complexity index is 561. The van der Waals surface area contributed by atoms with Crippen LogP contribution in [0.15, 0.2) is 36.4 Å². The van der Waals surface area contributed by atoms with E-state index in [2.05, 4.69) is 12.2 Å². The van der Waals surface area contributed by atoms with E-state index in [1.54, 1.807) is 12.1 Å². The van der Waals surface area contributed by atoms with Crippen molar-refractivity contribution < 1.29 is 14.3 Å². The maximum atomic E-state index is 13.0. The van der Waals surface area contributed by atoms with Crippen LogP contribution in [-0.2, 0) is 4.79 Å². The molecule has 2 atom stereocenters. The van der Waals surface area contributed by atoms with Gasteiger partial charge < -0.3 is 10.0 Å². The van der Waals surface area contributed by atoms with E-state index in [0.717, 1.165) is 37.7 Å². The van der Waals surface area contributed by atoms with E-state index >= 15 is 0 Å². The van der Waals surface area contributed by atoms with E-state index in [1.165, 1.54) is 12.1 Å². The fourth-order valence-electron chi connectivity index (χ4n) is 3.64. The second-order valence-electron chi connectivity index (χ2n) is 6.64. The Hall–Kier alpha value is -1.68.